The Bertz CT molecular complexity index is 1000. The van der Waals surface area contributed by atoms with Gasteiger partial charge in [0.25, 0.3) is 5.91 Å². The molecule has 1 aromatic heterocycles. The second-order valence-corrected chi connectivity index (χ2v) is 9.15. The summed E-state index contributed by atoms with van der Waals surface area (Å²) in [5, 5.41) is 10.7. The molecule has 12 heteroatoms. The van der Waals surface area contributed by atoms with E-state index in [9.17, 15) is 18.0 Å². The quantitative estimate of drug-likeness (QED) is 0.498. The number of hydrogen-bond acceptors (Lipinski definition) is 5. The lowest BCUT2D eigenvalue weighted by Crippen LogP contribution is -2.44. The van der Waals surface area contributed by atoms with Gasteiger partial charge in [-0.3, -0.25) is 4.79 Å². The third kappa shape index (κ3) is 6.89. The number of benzene rings is 1. The van der Waals surface area contributed by atoms with Gasteiger partial charge in [-0.05, 0) is 79.0 Å². The number of para-hydroxylation sites is 1. The van der Waals surface area contributed by atoms with Crippen molar-refractivity contribution >= 4 is 50.8 Å². The fraction of sp³-hybridized carbons (Fsp3) is 0.455. The molecule has 0 radical (unpaired) electrons. The molecule has 2 aliphatic heterocycles. The van der Waals surface area contributed by atoms with Crippen LogP contribution in [0.3, 0.4) is 0 Å². The largest absolute Gasteiger partial charge is 0.490 e. The first kappa shape index (κ1) is 26.4. The summed E-state index contributed by atoms with van der Waals surface area (Å²) in [5.41, 5.74) is 1.62. The fourth-order valence-electron chi connectivity index (χ4n) is 4.12. The summed E-state index contributed by atoms with van der Waals surface area (Å²) in [6, 6.07) is 9.65. The van der Waals surface area contributed by atoms with E-state index in [0.717, 1.165) is 37.3 Å². The Morgan fingerprint density at radius 1 is 1.09 bits per heavy atom. The number of anilines is 2. The number of carbonyl (C=O) groups excluding carboxylic acids is 1. The zero-order chi connectivity index (χ0) is 24.9. The number of nitrogens with one attached hydrogen (secondary N) is 1. The minimum absolute atomic E-state index is 0.264. The summed E-state index contributed by atoms with van der Waals surface area (Å²) in [6.07, 6.45) is -0.179. The molecule has 34 heavy (non-hydrogen) atoms. The van der Waals surface area contributed by atoms with E-state index in [4.69, 9.17) is 25.9 Å². The summed E-state index contributed by atoms with van der Waals surface area (Å²) >= 11 is 9.75. The molecule has 0 spiro atoms. The van der Waals surface area contributed by atoms with Gasteiger partial charge in [-0.25, -0.2) is 4.79 Å². The van der Waals surface area contributed by atoms with Gasteiger partial charge in [-0.15, -0.1) is 0 Å². The molecular formula is C22H24BrClF3N3O4. The second kappa shape index (κ2) is 11.5. The number of halogens is 5. The molecule has 2 aliphatic rings. The van der Waals surface area contributed by atoms with Gasteiger partial charge >= 0.3 is 12.1 Å². The number of likely N-dealkylation sites (tertiary alicyclic amines) is 1. The van der Waals surface area contributed by atoms with Crippen molar-refractivity contribution in [2.24, 2.45) is 0 Å². The summed E-state index contributed by atoms with van der Waals surface area (Å²) in [5.74, 6) is -2.77. The van der Waals surface area contributed by atoms with Gasteiger partial charge < -0.3 is 24.6 Å². The zero-order valence-corrected chi connectivity index (χ0v) is 20.4. The molecule has 0 bridgehead atoms. The number of hydrogen-bond donors (Lipinski definition) is 2. The number of amides is 1. The van der Waals surface area contributed by atoms with Crippen LogP contribution in [0.5, 0.6) is 0 Å². The highest BCUT2D eigenvalue weighted by Gasteiger charge is 2.38. The maximum Gasteiger partial charge on any atom is 0.490 e. The molecule has 7 nitrogen and oxygen atoms in total. The highest BCUT2D eigenvalue weighted by atomic mass is 79.9. The topological polar surface area (TPSA) is 86.0 Å². The number of carbonyl (C=O) groups is 2. The van der Waals surface area contributed by atoms with E-state index in [1.165, 1.54) is 25.9 Å². The molecule has 2 aromatic rings. The Hall–Kier alpha value is -2.24. The van der Waals surface area contributed by atoms with Gasteiger partial charge in [-0.2, -0.15) is 13.2 Å². The van der Waals surface area contributed by atoms with Crippen LogP contribution in [0.4, 0.5) is 24.5 Å². The van der Waals surface area contributed by atoms with Crippen molar-refractivity contribution in [2.75, 3.05) is 36.4 Å². The minimum atomic E-state index is -5.08. The van der Waals surface area contributed by atoms with Gasteiger partial charge in [0.2, 0.25) is 0 Å². The molecule has 1 amide bonds. The lowest BCUT2D eigenvalue weighted by atomic mass is 10.0. The van der Waals surface area contributed by atoms with E-state index >= 15 is 0 Å². The predicted molar refractivity (Wildman–Crippen MR) is 126 cm³/mol. The van der Waals surface area contributed by atoms with Crippen molar-refractivity contribution in [1.29, 1.82) is 0 Å². The van der Waals surface area contributed by atoms with Crippen molar-refractivity contribution in [2.45, 2.75) is 37.9 Å². The summed E-state index contributed by atoms with van der Waals surface area (Å²) in [4.78, 5) is 26.3. The standard InChI is InChI=1S/C20H23BrClN3O2.C2HF3O2/c21-18-7-6-17(27-18)20(26)23-16-5-3-4-15(22)19(16)25-12-8-14(9-13-25)24-10-1-2-11-24;3-2(4,5)1(6)7/h3-7,14H,1-2,8-13H2,(H,23,26);(H,6,7). The minimum Gasteiger partial charge on any atom is -0.475 e. The van der Waals surface area contributed by atoms with Crippen LogP contribution in [0, 0.1) is 0 Å². The number of furan rings is 1. The average molecular weight is 567 g/mol. The highest BCUT2D eigenvalue weighted by Crippen LogP contribution is 2.36. The Morgan fingerprint density at radius 2 is 1.71 bits per heavy atom. The maximum absolute atomic E-state index is 12.5. The molecule has 2 saturated heterocycles. The number of carboxylic acids is 1. The van der Waals surface area contributed by atoms with E-state index in [1.54, 1.807) is 12.1 Å². The van der Waals surface area contributed by atoms with E-state index in [-0.39, 0.29) is 11.7 Å². The molecular weight excluding hydrogens is 543 g/mol. The summed E-state index contributed by atoms with van der Waals surface area (Å²) < 4.78 is 37.6. The van der Waals surface area contributed by atoms with Crippen molar-refractivity contribution in [3.63, 3.8) is 0 Å². The number of nitrogens with zero attached hydrogens (tertiary/aromatic N) is 2. The van der Waals surface area contributed by atoms with Gasteiger partial charge in [-0.1, -0.05) is 17.7 Å². The molecule has 0 saturated carbocycles. The van der Waals surface area contributed by atoms with Crippen molar-refractivity contribution in [3.8, 4) is 0 Å². The third-order valence-corrected chi connectivity index (χ3v) is 6.44. The van der Waals surface area contributed by atoms with Gasteiger partial charge in [0.1, 0.15) is 0 Å². The number of aliphatic carboxylic acids is 1. The van der Waals surface area contributed by atoms with Crippen LogP contribution in [-0.2, 0) is 4.79 Å². The number of rotatable bonds is 4. The number of piperidine rings is 1. The molecule has 4 rings (SSSR count). The first-order valence-corrected chi connectivity index (χ1v) is 11.9. The second-order valence-electron chi connectivity index (χ2n) is 7.96. The Labute approximate surface area is 208 Å². The Kier molecular flexibility index (Phi) is 8.89. The Morgan fingerprint density at radius 3 is 2.24 bits per heavy atom. The summed E-state index contributed by atoms with van der Waals surface area (Å²) in [7, 11) is 0. The normalized spacial score (nSPS) is 17.3. The maximum atomic E-state index is 12.5. The van der Waals surface area contributed by atoms with Crippen LogP contribution >= 0.6 is 27.5 Å². The number of alkyl halides is 3. The van der Waals surface area contributed by atoms with Crippen LogP contribution in [0.2, 0.25) is 5.02 Å². The van der Waals surface area contributed by atoms with Gasteiger partial charge in [0.05, 0.1) is 16.4 Å². The van der Waals surface area contributed by atoms with Crippen LogP contribution in [0.1, 0.15) is 36.2 Å². The van der Waals surface area contributed by atoms with Gasteiger partial charge in [0.15, 0.2) is 10.4 Å². The van der Waals surface area contributed by atoms with Crippen molar-refractivity contribution in [1.82, 2.24) is 4.90 Å². The molecule has 3 heterocycles. The van der Waals surface area contributed by atoms with Crippen LogP contribution in [-0.4, -0.2) is 60.3 Å². The third-order valence-electron chi connectivity index (χ3n) is 5.71. The van der Waals surface area contributed by atoms with Gasteiger partial charge in [0, 0.05) is 19.1 Å². The SMILES string of the molecule is O=C(Nc1cccc(Cl)c1N1CCC(N2CCCC2)CC1)c1ccc(Br)o1.O=C(O)C(F)(F)F. The van der Waals surface area contributed by atoms with E-state index in [0.29, 0.717) is 15.7 Å². The molecule has 2 fully saturated rings. The van der Waals surface area contributed by atoms with E-state index < -0.39 is 12.1 Å². The molecule has 0 aliphatic carbocycles. The number of carboxylic acid groups (broad SMARTS) is 1. The molecule has 0 atom stereocenters. The fourth-order valence-corrected chi connectivity index (χ4v) is 4.72. The lowest BCUT2D eigenvalue weighted by molar-refractivity contribution is -0.192. The molecule has 0 unspecified atom stereocenters. The van der Waals surface area contributed by atoms with E-state index in [1.807, 2.05) is 18.2 Å². The average Bonchev–Trinajstić information content (AvgIpc) is 3.46. The molecule has 2 N–H and O–H groups in total. The van der Waals surface area contributed by atoms with Crippen molar-refractivity contribution < 1.29 is 32.3 Å². The van der Waals surface area contributed by atoms with Crippen LogP contribution in [0.25, 0.3) is 0 Å². The zero-order valence-electron chi connectivity index (χ0n) is 18.1. The predicted octanol–water partition coefficient (Wildman–Crippen LogP) is 5.65. The monoisotopic (exact) mass is 565 g/mol. The van der Waals surface area contributed by atoms with Crippen LogP contribution < -0.4 is 10.2 Å². The van der Waals surface area contributed by atoms with E-state index in [2.05, 4.69) is 31.0 Å². The molecule has 1 aromatic carbocycles. The summed E-state index contributed by atoms with van der Waals surface area (Å²) in [6.45, 7) is 4.35. The lowest BCUT2D eigenvalue weighted by Gasteiger charge is -2.38. The van der Waals surface area contributed by atoms with Crippen molar-refractivity contribution in [3.05, 3.63) is 45.8 Å². The smallest absolute Gasteiger partial charge is 0.475 e. The Balaban J connectivity index is 0.000000406. The first-order valence-electron chi connectivity index (χ1n) is 10.7. The highest BCUT2D eigenvalue weighted by molar-refractivity contribution is 9.10. The first-order chi connectivity index (χ1) is 16.1. The van der Waals surface area contributed by atoms with Crippen LogP contribution in [0.15, 0.2) is 39.4 Å². The molecule has 186 valence electrons.